The number of imide groups is 1. The fraction of sp³-hybridized carbons (Fsp3) is 0.448. The van der Waals surface area contributed by atoms with Crippen molar-refractivity contribution in [3.63, 3.8) is 0 Å². The van der Waals surface area contributed by atoms with Crippen molar-refractivity contribution in [2.45, 2.75) is 64.6 Å². The Labute approximate surface area is 219 Å². The lowest BCUT2D eigenvalue weighted by atomic mass is 10.0. The molecule has 0 saturated carbocycles. The predicted octanol–water partition coefficient (Wildman–Crippen LogP) is 3.94. The molecule has 0 spiro atoms. The maximum Gasteiger partial charge on any atom is 0.408 e. The summed E-state index contributed by atoms with van der Waals surface area (Å²) in [6, 6.07) is 18.0. The minimum Gasteiger partial charge on any atom is -0.436 e. The number of carbonyl (C=O) groups excluding carboxylic acids is 3. The van der Waals surface area contributed by atoms with Gasteiger partial charge in [0, 0.05) is 13.1 Å². The van der Waals surface area contributed by atoms with Crippen LogP contribution in [0.15, 0.2) is 54.6 Å². The van der Waals surface area contributed by atoms with E-state index in [1.54, 1.807) is 24.3 Å². The van der Waals surface area contributed by atoms with E-state index in [2.05, 4.69) is 16.7 Å². The minimum absolute atomic E-state index is 0.0215. The lowest BCUT2D eigenvalue weighted by Gasteiger charge is -2.33. The van der Waals surface area contributed by atoms with Gasteiger partial charge >= 0.3 is 6.09 Å². The SMILES string of the molecule is CC(C)CC(OC(=O)NCc1ccccc1)C(=O)N(C(=O)Cc1cccc(C#N)c1)C1CCCCNC1. The van der Waals surface area contributed by atoms with Gasteiger partial charge in [-0.05, 0) is 55.0 Å². The van der Waals surface area contributed by atoms with Gasteiger partial charge in [0.05, 0.1) is 24.1 Å². The highest BCUT2D eigenvalue weighted by molar-refractivity contribution is 5.99. The molecule has 0 radical (unpaired) electrons. The molecule has 2 N–H and O–H groups in total. The van der Waals surface area contributed by atoms with Crippen LogP contribution in [0.4, 0.5) is 4.79 Å². The number of rotatable bonds is 9. The first-order valence-corrected chi connectivity index (χ1v) is 12.9. The number of nitrogens with zero attached hydrogens (tertiary/aromatic N) is 2. The van der Waals surface area contributed by atoms with Gasteiger partial charge in [-0.2, -0.15) is 5.26 Å². The third-order valence-electron chi connectivity index (χ3n) is 6.29. The van der Waals surface area contributed by atoms with E-state index in [0.717, 1.165) is 24.9 Å². The van der Waals surface area contributed by atoms with Crippen LogP contribution in [-0.4, -0.2) is 48.0 Å². The Kier molecular flexibility index (Phi) is 10.7. The van der Waals surface area contributed by atoms with Crippen molar-refractivity contribution in [1.29, 1.82) is 5.26 Å². The zero-order valence-electron chi connectivity index (χ0n) is 21.6. The average Bonchev–Trinajstić information content (AvgIpc) is 3.17. The molecule has 1 aliphatic rings. The molecule has 0 aliphatic carbocycles. The Bertz CT molecular complexity index is 1090. The fourth-order valence-corrected chi connectivity index (χ4v) is 4.46. The molecule has 2 unspecified atom stereocenters. The summed E-state index contributed by atoms with van der Waals surface area (Å²) >= 11 is 0. The quantitative estimate of drug-likeness (QED) is 0.535. The van der Waals surface area contributed by atoms with E-state index in [-0.39, 0.29) is 30.8 Å². The molecule has 196 valence electrons. The largest absolute Gasteiger partial charge is 0.436 e. The molecule has 2 atom stereocenters. The maximum atomic E-state index is 13.9. The number of nitriles is 1. The van der Waals surface area contributed by atoms with Crippen LogP contribution in [0.1, 0.15) is 56.2 Å². The van der Waals surface area contributed by atoms with E-state index in [1.807, 2.05) is 44.2 Å². The van der Waals surface area contributed by atoms with Crippen LogP contribution < -0.4 is 10.6 Å². The monoisotopic (exact) mass is 504 g/mol. The van der Waals surface area contributed by atoms with E-state index >= 15 is 0 Å². The minimum atomic E-state index is -1.09. The second-order valence-corrected chi connectivity index (χ2v) is 9.81. The van der Waals surface area contributed by atoms with E-state index < -0.39 is 18.1 Å². The van der Waals surface area contributed by atoms with Gasteiger partial charge in [0.15, 0.2) is 6.10 Å². The second kappa shape index (κ2) is 14.1. The molecular formula is C29H36N4O4. The molecule has 3 rings (SSSR count). The highest BCUT2D eigenvalue weighted by Gasteiger charge is 2.36. The fourth-order valence-electron chi connectivity index (χ4n) is 4.46. The summed E-state index contributed by atoms with van der Waals surface area (Å²) in [5.41, 5.74) is 2.02. The van der Waals surface area contributed by atoms with Crippen molar-refractivity contribution in [3.05, 3.63) is 71.3 Å². The molecule has 3 amide bonds. The van der Waals surface area contributed by atoms with Gasteiger partial charge in [-0.1, -0.05) is 62.7 Å². The molecule has 2 aromatic rings. The first-order valence-electron chi connectivity index (χ1n) is 12.9. The molecule has 2 aromatic carbocycles. The molecule has 1 saturated heterocycles. The van der Waals surface area contributed by atoms with E-state index in [1.165, 1.54) is 4.90 Å². The zero-order valence-corrected chi connectivity index (χ0v) is 21.6. The van der Waals surface area contributed by atoms with Gasteiger partial charge in [0.2, 0.25) is 5.91 Å². The van der Waals surface area contributed by atoms with Crippen molar-refractivity contribution >= 4 is 17.9 Å². The summed E-state index contributed by atoms with van der Waals surface area (Å²) in [6.45, 7) is 5.47. The summed E-state index contributed by atoms with van der Waals surface area (Å²) < 4.78 is 5.63. The molecular weight excluding hydrogens is 468 g/mol. The number of alkyl carbamates (subject to hydrolysis) is 1. The summed E-state index contributed by atoms with van der Waals surface area (Å²) in [5.74, 6) is -0.804. The Morgan fingerprint density at radius 3 is 2.59 bits per heavy atom. The third kappa shape index (κ3) is 8.72. The summed E-state index contributed by atoms with van der Waals surface area (Å²) in [7, 11) is 0. The Balaban J connectivity index is 1.80. The highest BCUT2D eigenvalue weighted by Crippen LogP contribution is 2.20. The Morgan fingerprint density at radius 2 is 1.86 bits per heavy atom. The first-order chi connectivity index (χ1) is 17.9. The lowest BCUT2D eigenvalue weighted by molar-refractivity contribution is -0.154. The van der Waals surface area contributed by atoms with Crippen LogP contribution in [0.25, 0.3) is 0 Å². The molecule has 8 nitrogen and oxygen atoms in total. The number of carbonyl (C=O) groups is 3. The molecule has 0 bridgehead atoms. The zero-order chi connectivity index (χ0) is 26.6. The maximum absolute atomic E-state index is 13.9. The Hall–Kier alpha value is -3.70. The van der Waals surface area contributed by atoms with Crippen LogP contribution in [-0.2, 0) is 27.3 Å². The Morgan fingerprint density at radius 1 is 1.11 bits per heavy atom. The number of ether oxygens (including phenoxy) is 1. The van der Waals surface area contributed by atoms with Crippen molar-refractivity contribution < 1.29 is 19.1 Å². The van der Waals surface area contributed by atoms with E-state index in [0.29, 0.717) is 30.5 Å². The number of amides is 3. The van der Waals surface area contributed by atoms with Crippen molar-refractivity contribution in [2.24, 2.45) is 5.92 Å². The van der Waals surface area contributed by atoms with Crippen LogP contribution in [0.5, 0.6) is 0 Å². The second-order valence-electron chi connectivity index (χ2n) is 9.81. The van der Waals surface area contributed by atoms with Crippen LogP contribution in [0.3, 0.4) is 0 Å². The van der Waals surface area contributed by atoms with Gasteiger partial charge in [-0.25, -0.2) is 4.79 Å². The normalized spacial score (nSPS) is 16.2. The molecule has 8 heteroatoms. The van der Waals surface area contributed by atoms with Crippen LogP contribution in [0, 0.1) is 17.2 Å². The first kappa shape index (κ1) is 27.9. The highest BCUT2D eigenvalue weighted by atomic mass is 16.6. The van der Waals surface area contributed by atoms with Gasteiger partial charge in [0.1, 0.15) is 0 Å². The van der Waals surface area contributed by atoms with Gasteiger partial charge in [-0.15, -0.1) is 0 Å². The van der Waals surface area contributed by atoms with E-state index in [4.69, 9.17) is 4.74 Å². The molecule has 1 fully saturated rings. The molecule has 37 heavy (non-hydrogen) atoms. The van der Waals surface area contributed by atoms with Gasteiger partial charge < -0.3 is 15.4 Å². The number of hydrogen-bond donors (Lipinski definition) is 2. The smallest absolute Gasteiger partial charge is 0.408 e. The van der Waals surface area contributed by atoms with Crippen LogP contribution >= 0.6 is 0 Å². The van der Waals surface area contributed by atoms with Crippen molar-refractivity contribution in [3.8, 4) is 6.07 Å². The standard InChI is InChI=1S/C29H36N4O4/c1-21(2)15-26(37-29(36)32-19-22-9-4-3-5-10-22)28(35)33(25-13-6-7-14-31-20-25)27(34)17-23-11-8-12-24(16-23)18-30/h3-5,8-12,16,21,25-26,31H,6-7,13-15,17,19-20H2,1-2H3,(H,32,36). The van der Waals surface area contributed by atoms with E-state index in [9.17, 15) is 19.6 Å². The van der Waals surface area contributed by atoms with Crippen LogP contribution in [0.2, 0.25) is 0 Å². The molecule has 1 heterocycles. The van der Waals surface area contributed by atoms with Gasteiger partial charge in [-0.3, -0.25) is 14.5 Å². The third-order valence-corrected chi connectivity index (χ3v) is 6.29. The topological polar surface area (TPSA) is 112 Å². The average molecular weight is 505 g/mol. The number of benzene rings is 2. The van der Waals surface area contributed by atoms with Crippen molar-refractivity contribution in [2.75, 3.05) is 13.1 Å². The van der Waals surface area contributed by atoms with Gasteiger partial charge in [0.25, 0.3) is 5.91 Å². The summed E-state index contributed by atoms with van der Waals surface area (Å²) in [4.78, 5) is 41.4. The molecule has 0 aromatic heterocycles. The predicted molar refractivity (Wildman–Crippen MR) is 140 cm³/mol. The number of nitrogens with one attached hydrogen (secondary N) is 2. The summed E-state index contributed by atoms with van der Waals surface area (Å²) in [5, 5.41) is 15.3. The summed E-state index contributed by atoms with van der Waals surface area (Å²) in [6.07, 6.45) is 1.01. The van der Waals surface area contributed by atoms with Crippen molar-refractivity contribution in [1.82, 2.24) is 15.5 Å². The lowest BCUT2D eigenvalue weighted by Crippen LogP contribution is -2.53. The molecule has 1 aliphatic heterocycles. The number of hydrogen-bond acceptors (Lipinski definition) is 6.